The molecule has 22 heavy (non-hydrogen) atoms. The van der Waals surface area contributed by atoms with Crippen LogP contribution < -0.4 is 55.6 Å². The van der Waals surface area contributed by atoms with Crippen LogP contribution in [0.2, 0.25) is 0 Å². The van der Waals surface area contributed by atoms with Crippen LogP contribution in [-0.4, -0.2) is 34.5 Å². The summed E-state index contributed by atoms with van der Waals surface area (Å²) in [6.45, 7) is 1.93. The van der Waals surface area contributed by atoms with Crippen molar-refractivity contribution in [2.45, 2.75) is 32.6 Å². The molecule has 0 saturated heterocycles. The summed E-state index contributed by atoms with van der Waals surface area (Å²) < 4.78 is 34.3. The molecular weight excluding hydrogens is 370 g/mol. The topological polar surface area (TPSA) is 177 Å². The first-order valence-corrected chi connectivity index (χ1v) is 7.91. The number of aliphatic hydroxyl groups excluding tert-OH is 1. The summed E-state index contributed by atoms with van der Waals surface area (Å²) in [4.78, 5) is 33.3. The van der Waals surface area contributed by atoms with E-state index in [0.717, 1.165) is 25.7 Å². The first-order valence-electron chi connectivity index (χ1n) is 5.98. The van der Waals surface area contributed by atoms with Gasteiger partial charge in [0.2, 0.25) is 11.6 Å². The van der Waals surface area contributed by atoms with E-state index < -0.39 is 30.3 Å². The molecule has 124 valence electrons. The molecule has 0 aromatic heterocycles. The van der Waals surface area contributed by atoms with Crippen LogP contribution in [0.25, 0.3) is 0 Å². The Bertz CT molecular complexity index is 495. The van der Waals surface area contributed by atoms with Gasteiger partial charge in [0.05, 0.1) is 0 Å². The summed E-state index contributed by atoms with van der Waals surface area (Å²) in [5.74, 6) is -2.10. The Kier molecular flexibility index (Phi) is 15.9. The van der Waals surface area contributed by atoms with Crippen molar-refractivity contribution >= 4 is 17.3 Å². The standard InChI is InChI=1S/C9H10O3.C2H6O.K.Mn.H2O.4O/c10-7-5-3-1-2-4-6(5)8(11)9(7)12;1-2-3;;;;;;;/h5-6H,1-4H2;3H,2H2,1H3;;;1H2;;;;/q;;+1;;;;;;-1. The minimum atomic E-state index is -5.62. The Labute approximate surface area is 171 Å². The van der Waals surface area contributed by atoms with Gasteiger partial charge in [-0.25, -0.2) is 0 Å². The summed E-state index contributed by atoms with van der Waals surface area (Å²) in [5, 5.41) is 7.57. The molecule has 0 bridgehead atoms. The van der Waals surface area contributed by atoms with E-state index >= 15 is 0 Å². The molecule has 2 saturated carbocycles. The van der Waals surface area contributed by atoms with Crippen LogP contribution in [0.4, 0.5) is 0 Å². The third kappa shape index (κ3) is 10.3. The molecule has 3 N–H and O–H groups in total. The van der Waals surface area contributed by atoms with Crippen LogP contribution in [0.5, 0.6) is 0 Å². The molecule has 2 fully saturated rings. The molecule has 0 amide bonds. The van der Waals surface area contributed by atoms with E-state index in [2.05, 4.69) is 0 Å². The van der Waals surface area contributed by atoms with Gasteiger partial charge in [0, 0.05) is 18.4 Å². The quantitative estimate of drug-likeness (QED) is 0.317. The fourth-order valence-electron chi connectivity index (χ4n) is 2.22. The molecule has 2 atom stereocenters. The summed E-state index contributed by atoms with van der Waals surface area (Å²) in [5.41, 5.74) is 0. The maximum atomic E-state index is 11.2. The van der Waals surface area contributed by atoms with E-state index in [4.69, 9.17) is 20.8 Å². The summed E-state index contributed by atoms with van der Waals surface area (Å²) in [6, 6.07) is 0. The number of ketones is 3. The number of aliphatic hydroxyl groups is 1. The second-order valence-electron chi connectivity index (χ2n) is 4.25. The first kappa shape index (κ1) is 27.3. The number of carbonyl (C=O) groups excluding carboxylic acids is 3. The van der Waals surface area contributed by atoms with E-state index in [1.165, 1.54) is 0 Å². The molecule has 0 spiro atoms. The van der Waals surface area contributed by atoms with Crippen molar-refractivity contribution in [2.75, 3.05) is 6.61 Å². The molecule has 11 heteroatoms. The molecule has 0 heterocycles. The Morgan fingerprint density at radius 3 is 1.50 bits per heavy atom. The van der Waals surface area contributed by atoms with E-state index in [9.17, 15) is 14.4 Å². The zero-order chi connectivity index (χ0) is 15.9. The SMILES string of the molecule is CCO.O.O=C1C(=O)C2CCCCC2C1=O.[K+].[O]=[Mn](=[O])(=[O])[O-]. The van der Waals surface area contributed by atoms with Crippen molar-refractivity contribution in [2.24, 2.45) is 11.8 Å². The van der Waals surface area contributed by atoms with Gasteiger partial charge in [0.15, 0.2) is 0 Å². The van der Waals surface area contributed by atoms with Crippen molar-refractivity contribution in [1.82, 2.24) is 0 Å². The molecule has 2 aliphatic rings. The van der Waals surface area contributed by atoms with Crippen LogP contribution >= 0.6 is 0 Å². The summed E-state index contributed by atoms with van der Waals surface area (Å²) in [6.07, 6.45) is 3.43. The Hall–Kier alpha value is 0.446. The van der Waals surface area contributed by atoms with Gasteiger partial charge in [-0.05, 0) is 19.8 Å². The van der Waals surface area contributed by atoms with Gasteiger partial charge in [-0.3, -0.25) is 14.4 Å². The third-order valence-corrected chi connectivity index (χ3v) is 2.89. The number of rotatable bonds is 0. The molecular formula is C11H18KMnO9. The Morgan fingerprint density at radius 1 is 1.05 bits per heavy atom. The van der Waals surface area contributed by atoms with Crippen molar-refractivity contribution in [1.29, 1.82) is 0 Å². The van der Waals surface area contributed by atoms with Gasteiger partial charge >= 0.3 is 80.0 Å². The number of hydrogen-bond acceptors (Lipinski definition) is 8. The summed E-state index contributed by atoms with van der Waals surface area (Å²) in [7, 11) is 0. The van der Waals surface area contributed by atoms with Crippen LogP contribution in [-0.2, 0) is 38.9 Å². The normalized spacial score (nSPS) is 22.8. The Balaban J connectivity index is -0.000000312. The molecule has 0 aromatic rings. The average molecular weight is 388 g/mol. The van der Waals surface area contributed by atoms with E-state index in [1.54, 1.807) is 6.92 Å². The van der Waals surface area contributed by atoms with Gasteiger partial charge in [-0.1, -0.05) is 12.8 Å². The number of carbonyl (C=O) groups is 3. The molecule has 9 nitrogen and oxygen atoms in total. The van der Waals surface area contributed by atoms with E-state index in [0.29, 0.717) is 0 Å². The molecule has 0 radical (unpaired) electrons. The predicted octanol–water partition coefficient (Wildman–Crippen LogP) is -4.86. The molecule has 2 aliphatic carbocycles. The van der Waals surface area contributed by atoms with Crippen molar-refractivity contribution < 1.29 is 105 Å². The predicted molar refractivity (Wildman–Crippen MR) is 58.9 cm³/mol. The molecule has 0 aliphatic heterocycles. The summed E-state index contributed by atoms with van der Waals surface area (Å²) >= 11 is -5.62. The minimum absolute atomic E-state index is 0. The van der Waals surface area contributed by atoms with Crippen LogP contribution in [0.1, 0.15) is 32.6 Å². The van der Waals surface area contributed by atoms with E-state index in [-0.39, 0.29) is 75.3 Å². The fraction of sp³-hybridized carbons (Fsp3) is 0.727. The van der Waals surface area contributed by atoms with Crippen molar-refractivity contribution in [3.05, 3.63) is 0 Å². The monoisotopic (exact) mass is 388 g/mol. The molecule has 2 rings (SSSR count). The van der Waals surface area contributed by atoms with Gasteiger partial charge < -0.3 is 10.6 Å². The van der Waals surface area contributed by atoms with Gasteiger partial charge in [0.25, 0.3) is 5.78 Å². The second-order valence-corrected chi connectivity index (χ2v) is 5.43. The van der Waals surface area contributed by atoms with Crippen molar-refractivity contribution in [3.63, 3.8) is 0 Å². The zero-order valence-corrected chi connectivity index (χ0v) is 16.7. The Morgan fingerprint density at radius 2 is 1.27 bits per heavy atom. The van der Waals surface area contributed by atoms with Crippen LogP contribution in [0.15, 0.2) is 0 Å². The van der Waals surface area contributed by atoms with E-state index in [1.807, 2.05) is 0 Å². The van der Waals surface area contributed by atoms with Gasteiger partial charge in [0.1, 0.15) is 0 Å². The maximum absolute atomic E-state index is 11.2. The number of fused-ring (bicyclic) bond motifs is 1. The average Bonchev–Trinajstić information content (AvgIpc) is 2.54. The van der Waals surface area contributed by atoms with Gasteiger partial charge in [-0.2, -0.15) is 0 Å². The van der Waals surface area contributed by atoms with Crippen LogP contribution in [0, 0.1) is 11.8 Å². The second kappa shape index (κ2) is 12.8. The van der Waals surface area contributed by atoms with Crippen LogP contribution in [0.3, 0.4) is 0 Å². The number of hydrogen-bond donors (Lipinski definition) is 1. The zero-order valence-electron chi connectivity index (χ0n) is 12.4. The van der Waals surface area contributed by atoms with Gasteiger partial charge in [-0.15, -0.1) is 0 Å². The first-order chi connectivity index (χ1) is 9.13. The number of Topliss-reactive ketones (excluding diaryl/α,β-unsaturated/α-hetero) is 3. The fourth-order valence-corrected chi connectivity index (χ4v) is 2.22. The molecule has 0 aromatic carbocycles. The van der Waals surface area contributed by atoms with Crippen molar-refractivity contribution in [3.8, 4) is 0 Å². The third-order valence-electron chi connectivity index (χ3n) is 2.89. The molecule has 2 unspecified atom stereocenters.